The van der Waals surface area contributed by atoms with E-state index in [1.165, 1.54) is 16.5 Å². The highest BCUT2D eigenvalue weighted by Gasteiger charge is 2.05. The van der Waals surface area contributed by atoms with Gasteiger partial charge in [0.2, 0.25) is 0 Å². The molecule has 3 nitrogen and oxygen atoms in total. The number of benzene rings is 1. The molecule has 0 atom stereocenters. The van der Waals surface area contributed by atoms with Crippen LogP contribution >= 0.6 is 27.3 Å². The van der Waals surface area contributed by atoms with Crippen LogP contribution in [0.2, 0.25) is 0 Å². The quantitative estimate of drug-likeness (QED) is 0.634. The number of guanidine groups is 1. The van der Waals surface area contributed by atoms with E-state index < -0.39 is 0 Å². The zero-order valence-electron chi connectivity index (χ0n) is 11.9. The lowest BCUT2D eigenvalue weighted by Gasteiger charge is -2.12. The molecule has 0 amide bonds. The van der Waals surface area contributed by atoms with Gasteiger partial charge < -0.3 is 10.6 Å². The number of thiophene rings is 1. The lowest BCUT2D eigenvalue weighted by molar-refractivity contribution is 0.604. The summed E-state index contributed by atoms with van der Waals surface area (Å²) in [5.74, 6) is 0.428. The highest BCUT2D eigenvalue weighted by molar-refractivity contribution is 9.10. The number of nitrogens with zero attached hydrogens (tertiary/aromatic N) is 1. The van der Waals surface area contributed by atoms with E-state index in [9.17, 15) is 4.39 Å². The fourth-order valence-electron chi connectivity index (χ4n) is 1.83. The first kappa shape index (κ1) is 16.0. The van der Waals surface area contributed by atoms with Crippen LogP contribution in [0.15, 0.2) is 39.1 Å². The van der Waals surface area contributed by atoms with Crippen LogP contribution in [0.1, 0.15) is 16.0 Å². The summed E-state index contributed by atoms with van der Waals surface area (Å²) in [6.45, 7) is 3.18. The molecular weight excluding hydrogens is 353 g/mol. The van der Waals surface area contributed by atoms with E-state index in [1.54, 1.807) is 30.5 Å². The zero-order chi connectivity index (χ0) is 15.2. The van der Waals surface area contributed by atoms with Gasteiger partial charge in [0.05, 0.1) is 6.54 Å². The van der Waals surface area contributed by atoms with Crippen LogP contribution in [-0.2, 0) is 13.1 Å². The minimum Gasteiger partial charge on any atom is -0.352 e. The lowest BCUT2D eigenvalue weighted by atomic mass is 10.2. The Morgan fingerprint density at radius 3 is 2.71 bits per heavy atom. The minimum absolute atomic E-state index is 0.227. The summed E-state index contributed by atoms with van der Waals surface area (Å²) in [5.41, 5.74) is 1.86. The Hall–Kier alpha value is -1.40. The number of hydrogen-bond acceptors (Lipinski definition) is 2. The van der Waals surface area contributed by atoms with Crippen molar-refractivity contribution in [3.8, 4) is 0 Å². The highest BCUT2D eigenvalue weighted by Crippen LogP contribution is 2.16. The predicted octanol–water partition coefficient (Wildman–Crippen LogP) is 3.82. The maximum Gasteiger partial charge on any atom is 0.191 e. The molecule has 0 saturated carbocycles. The Kier molecular flexibility index (Phi) is 5.76. The molecule has 2 N–H and O–H groups in total. The molecule has 1 heterocycles. The summed E-state index contributed by atoms with van der Waals surface area (Å²) in [6.07, 6.45) is 0. The van der Waals surface area contributed by atoms with Crippen LogP contribution in [-0.4, -0.2) is 13.0 Å². The van der Waals surface area contributed by atoms with Gasteiger partial charge in [-0.25, -0.2) is 4.39 Å². The van der Waals surface area contributed by atoms with Crippen molar-refractivity contribution < 1.29 is 4.39 Å². The van der Waals surface area contributed by atoms with Gasteiger partial charge in [-0.2, -0.15) is 0 Å². The van der Waals surface area contributed by atoms with Gasteiger partial charge in [-0.1, -0.05) is 15.9 Å². The van der Waals surface area contributed by atoms with Gasteiger partial charge in [-0.15, -0.1) is 11.3 Å². The number of hydrogen-bond donors (Lipinski definition) is 2. The maximum absolute atomic E-state index is 13.7. The van der Waals surface area contributed by atoms with Gasteiger partial charge in [-0.05, 0) is 42.1 Å². The highest BCUT2D eigenvalue weighted by atomic mass is 79.9. The van der Waals surface area contributed by atoms with E-state index in [2.05, 4.69) is 49.9 Å². The largest absolute Gasteiger partial charge is 0.352 e. The van der Waals surface area contributed by atoms with Crippen molar-refractivity contribution in [3.63, 3.8) is 0 Å². The smallest absolute Gasteiger partial charge is 0.191 e. The molecular formula is C15H17BrFN3S. The Morgan fingerprint density at radius 1 is 1.29 bits per heavy atom. The number of rotatable bonds is 4. The zero-order valence-corrected chi connectivity index (χ0v) is 14.3. The van der Waals surface area contributed by atoms with Crippen molar-refractivity contribution in [1.82, 2.24) is 10.6 Å². The second-order valence-corrected chi connectivity index (χ2v) is 6.46. The van der Waals surface area contributed by atoms with Gasteiger partial charge in [0.25, 0.3) is 0 Å². The van der Waals surface area contributed by atoms with Crippen molar-refractivity contribution in [2.24, 2.45) is 4.99 Å². The fraction of sp³-hybridized carbons (Fsp3) is 0.267. The van der Waals surface area contributed by atoms with Crippen LogP contribution in [0.4, 0.5) is 4.39 Å². The van der Waals surface area contributed by atoms with Crippen LogP contribution in [0.3, 0.4) is 0 Å². The van der Waals surface area contributed by atoms with Crippen molar-refractivity contribution >= 4 is 33.2 Å². The summed E-state index contributed by atoms with van der Waals surface area (Å²) in [4.78, 5) is 5.42. The second-order valence-electron chi connectivity index (χ2n) is 4.54. The van der Waals surface area contributed by atoms with Crippen LogP contribution in [0.5, 0.6) is 0 Å². The van der Waals surface area contributed by atoms with Gasteiger partial charge in [0, 0.05) is 28.5 Å². The SMILES string of the molecule is CN=C(NCc1cc(Br)ccc1F)NCc1sccc1C. The number of halogens is 2. The molecule has 0 fully saturated rings. The third-order valence-corrected chi connectivity index (χ3v) is 4.58. The van der Waals surface area contributed by atoms with Crippen LogP contribution < -0.4 is 10.6 Å². The third kappa shape index (κ3) is 4.54. The van der Waals surface area contributed by atoms with Gasteiger partial charge in [0.15, 0.2) is 5.96 Å². The van der Waals surface area contributed by atoms with E-state index in [0.29, 0.717) is 24.6 Å². The Balaban J connectivity index is 1.91. The first-order chi connectivity index (χ1) is 10.1. The molecule has 0 bridgehead atoms. The van der Waals surface area contributed by atoms with Crippen LogP contribution in [0.25, 0.3) is 0 Å². The van der Waals surface area contributed by atoms with E-state index in [0.717, 1.165) is 4.47 Å². The normalized spacial score (nSPS) is 11.5. The molecule has 2 rings (SSSR count). The molecule has 0 unspecified atom stereocenters. The first-order valence-electron chi connectivity index (χ1n) is 6.51. The molecule has 0 radical (unpaired) electrons. The fourth-order valence-corrected chi connectivity index (χ4v) is 3.08. The molecule has 0 spiro atoms. The third-order valence-electron chi connectivity index (χ3n) is 3.06. The molecule has 2 aromatic rings. The van der Waals surface area contributed by atoms with E-state index >= 15 is 0 Å². The van der Waals surface area contributed by atoms with Gasteiger partial charge in [-0.3, -0.25) is 4.99 Å². The molecule has 112 valence electrons. The first-order valence-corrected chi connectivity index (χ1v) is 8.19. The molecule has 21 heavy (non-hydrogen) atoms. The molecule has 0 saturated heterocycles. The van der Waals surface area contributed by atoms with Crippen LogP contribution in [0, 0.1) is 12.7 Å². The summed E-state index contributed by atoms with van der Waals surface area (Å²) < 4.78 is 14.5. The summed E-state index contributed by atoms with van der Waals surface area (Å²) >= 11 is 5.06. The van der Waals surface area contributed by atoms with Gasteiger partial charge >= 0.3 is 0 Å². The van der Waals surface area contributed by atoms with Crippen molar-refractivity contribution in [3.05, 3.63) is 55.9 Å². The van der Waals surface area contributed by atoms with E-state index in [1.807, 2.05) is 0 Å². The number of aliphatic imine (C=N–C) groups is 1. The van der Waals surface area contributed by atoms with Crippen molar-refractivity contribution in [2.75, 3.05) is 7.05 Å². The van der Waals surface area contributed by atoms with E-state index in [4.69, 9.17) is 0 Å². The lowest BCUT2D eigenvalue weighted by Crippen LogP contribution is -2.36. The summed E-state index contributed by atoms with van der Waals surface area (Å²) in [7, 11) is 1.70. The molecule has 6 heteroatoms. The molecule has 0 aliphatic rings. The standard InChI is InChI=1S/C15H17BrFN3S/c1-10-5-6-21-14(10)9-20-15(18-2)19-8-11-7-12(16)3-4-13(11)17/h3-7H,8-9H2,1-2H3,(H2,18,19,20). The topological polar surface area (TPSA) is 36.4 Å². The predicted molar refractivity (Wildman–Crippen MR) is 90.2 cm³/mol. The Bertz CT molecular complexity index is 640. The Morgan fingerprint density at radius 2 is 2.05 bits per heavy atom. The molecule has 1 aromatic heterocycles. The molecule has 0 aliphatic heterocycles. The average Bonchev–Trinajstić information content (AvgIpc) is 2.88. The van der Waals surface area contributed by atoms with Crippen molar-refractivity contribution in [1.29, 1.82) is 0 Å². The number of nitrogens with one attached hydrogen (secondary N) is 2. The Labute approximate surface area is 136 Å². The minimum atomic E-state index is -0.227. The van der Waals surface area contributed by atoms with Crippen molar-refractivity contribution in [2.45, 2.75) is 20.0 Å². The monoisotopic (exact) mass is 369 g/mol. The number of aryl methyl sites for hydroxylation is 1. The van der Waals surface area contributed by atoms with E-state index in [-0.39, 0.29) is 5.82 Å². The molecule has 0 aliphatic carbocycles. The maximum atomic E-state index is 13.7. The van der Waals surface area contributed by atoms with Gasteiger partial charge in [0.1, 0.15) is 5.82 Å². The summed E-state index contributed by atoms with van der Waals surface area (Å²) in [6, 6.07) is 6.99. The summed E-state index contributed by atoms with van der Waals surface area (Å²) in [5, 5.41) is 8.42. The second kappa shape index (κ2) is 7.56. The average molecular weight is 370 g/mol. The molecule has 1 aromatic carbocycles.